The number of hydrogen-bond donors (Lipinski definition) is 2. The van der Waals surface area contributed by atoms with Gasteiger partial charge in [-0.1, -0.05) is 22.8 Å². The number of pyridine rings is 1. The molecule has 2 N–H and O–H groups in total. The van der Waals surface area contributed by atoms with Gasteiger partial charge in [0.25, 0.3) is 5.91 Å². The fraction of sp³-hybridized carbons (Fsp3) is 0.176. The van der Waals surface area contributed by atoms with Gasteiger partial charge in [0.2, 0.25) is 5.82 Å². The molecule has 134 valence electrons. The van der Waals surface area contributed by atoms with Crippen LogP contribution in [-0.4, -0.2) is 27.1 Å². The molecule has 0 saturated carbocycles. The van der Waals surface area contributed by atoms with Crippen molar-refractivity contribution in [1.82, 2.24) is 20.6 Å². The number of hydrogen-bond acceptors (Lipinski definition) is 7. The first kappa shape index (κ1) is 17.7. The molecule has 1 unspecified atom stereocenters. The van der Waals surface area contributed by atoms with Crippen LogP contribution in [0.15, 0.2) is 47.2 Å². The van der Waals surface area contributed by atoms with Crippen LogP contribution in [0.1, 0.15) is 12.5 Å². The third-order valence-corrected chi connectivity index (χ3v) is 3.73. The fourth-order valence-electron chi connectivity index (χ4n) is 2.05. The molecule has 2 aromatic heterocycles. The van der Waals surface area contributed by atoms with Crippen molar-refractivity contribution in [2.24, 2.45) is 0 Å². The third-order valence-electron chi connectivity index (χ3n) is 3.42. The van der Waals surface area contributed by atoms with E-state index in [1.165, 1.54) is 0 Å². The molecule has 3 aromatic rings. The Morgan fingerprint density at radius 1 is 1.27 bits per heavy atom. The van der Waals surface area contributed by atoms with Gasteiger partial charge < -0.3 is 9.26 Å². The van der Waals surface area contributed by atoms with Crippen molar-refractivity contribution < 1.29 is 14.1 Å². The standard InChI is InChI=1S/C17H16ClN5O3/c1-10-3-4-13(18)14(9-10)25-11(2)16(24)21-22-17-20-15(23-26-17)12-5-7-19-8-6-12/h3-9,11H,1-2H3,(H,21,24)(H,20,22,23). The zero-order valence-corrected chi connectivity index (χ0v) is 14.8. The quantitative estimate of drug-likeness (QED) is 0.640. The molecule has 3 rings (SSSR count). The minimum atomic E-state index is -0.788. The van der Waals surface area contributed by atoms with Gasteiger partial charge in [-0.2, -0.15) is 4.98 Å². The van der Waals surface area contributed by atoms with E-state index in [0.717, 1.165) is 11.1 Å². The molecule has 1 amide bonds. The summed E-state index contributed by atoms with van der Waals surface area (Å²) in [5.74, 6) is 0.387. The van der Waals surface area contributed by atoms with Gasteiger partial charge >= 0.3 is 6.01 Å². The molecule has 1 atom stereocenters. The predicted molar refractivity (Wildman–Crippen MR) is 95.6 cm³/mol. The van der Waals surface area contributed by atoms with Gasteiger partial charge in [0.15, 0.2) is 6.10 Å². The highest BCUT2D eigenvalue weighted by molar-refractivity contribution is 6.32. The number of halogens is 1. The number of benzene rings is 1. The topological polar surface area (TPSA) is 102 Å². The van der Waals surface area contributed by atoms with Crippen molar-refractivity contribution in [2.75, 3.05) is 5.43 Å². The summed E-state index contributed by atoms with van der Waals surface area (Å²) in [7, 11) is 0. The highest BCUT2D eigenvalue weighted by atomic mass is 35.5. The Balaban J connectivity index is 1.57. The van der Waals surface area contributed by atoms with Gasteiger partial charge in [-0.25, -0.2) is 5.43 Å². The van der Waals surface area contributed by atoms with E-state index in [4.69, 9.17) is 20.9 Å². The number of anilines is 1. The highest BCUT2D eigenvalue weighted by Crippen LogP contribution is 2.26. The number of ether oxygens (including phenoxy) is 1. The Bertz CT molecular complexity index is 900. The van der Waals surface area contributed by atoms with Gasteiger partial charge in [0.1, 0.15) is 5.75 Å². The molecule has 1 aromatic carbocycles. The van der Waals surface area contributed by atoms with Crippen molar-refractivity contribution in [3.8, 4) is 17.1 Å². The molecule has 0 aliphatic carbocycles. The molecular weight excluding hydrogens is 358 g/mol. The van der Waals surface area contributed by atoms with Crippen LogP contribution in [0.5, 0.6) is 5.75 Å². The number of nitrogens with zero attached hydrogens (tertiary/aromatic N) is 3. The van der Waals surface area contributed by atoms with E-state index in [0.29, 0.717) is 16.6 Å². The number of hydrazine groups is 1. The summed E-state index contributed by atoms with van der Waals surface area (Å²) in [6.07, 6.45) is 2.45. The first-order chi connectivity index (χ1) is 12.5. The maximum Gasteiger partial charge on any atom is 0.340 e. The van der Waals surface area contributed by atoms with Crippen molar-refractivity contribution in [3.63, 3.8) is 0 Å². The van der Waals surface area contributed by atoms with Gasteiger partial charge in [-0.15, -0.1) is 0 Å². The average Bonchev–Trinajstić information content (AvgIpc) is 3.12. The van der Waals surface area contributed by atoms with Crippen LogP contribution in [0, 0.1) is 6.92 Å². The van der Waals surface area contributed by atoms with Crippen LogP contribution in [0.25, 0.3) is 11.4 Å². The van der Waals surface area contributed by atoms with Crippen molar-refractivity contribution in [2.45, 2.75) is 20.0 Å². The molecule has 0 radical (unpaired) electrons. The second-order valence-electron chi connectivity index (χ2n) is 5.47. The Hall–Kier alpha value is -3.13. The Morgan fingerprint density at radius 3 is 2.81 bits per heavy atom. The summed E-state index contributed by atoms with van der Waals surface area (Å²) >= 11 is 6.07. The van der Waals surface area contributed by atoms with E-state index in [2.05, 4.69) is 26.0 Å². The van der Waals surface area contributed by atoms with E-state index in [9.17, 15) is 4.79 Å². The Labute approximate surface area is 154 Å². The molecule has 0 fully saturated rings. The predicted octanol–water partition coefficient (Wildman–Crippen LogP) is 3.00. The zero-order valence-electron chi connectivity index (χ0n) is 14.1. The SMILES string of the molecule is Cc1ccc(Cl)c(OC(C)C(=O)NNc2nc(-c3ccncc3)no2)c1. The summed E-state index contributed by atoms with van der Waals surface area (Å²) in [4.78, 5) is 20.2. The lowest BCUT2D eigenvalue weighted by Gasteiger charge is -2.15. The normalized spacial score (nSPS) is 11.7. The first-order valence-electron chi connectivity index (χ1n) is 7.75. The molecule has 0 bridgehead atoms. The molecule has 0 spiro atoms. The molecule has 9 heteroatoms. The highest BCUT2D eigenvalue weighted by Gasteiger charge is 2.17. The summed E-state index contributed by atoms with van der Waals surface area (Å²) in [5.41, 5.74) is 6.73. The summed E-state index contributed by atoms with van der Waals surface area (Å²) in [6, 6.07) is 8.87. The van der Waals surface area contributed by atoms with Crippen LogP contribution in [0.4, 0.5) is 6.01 Å². The number of nitrogens with one attached hydrogen (secondary N) is 2. The minimum Gasteiger partial charge on any atom is -0.479 e. The number of aryl methyl sites for hydroxylation is 1. The van der Waals surface area contributed by atoms with Gasteiger partial charge in [-0.05, 0) is 43.7 Å². The number of carbonyl (C=O) groups excluding carboxylic acids is 1. The number of rotatable bonds is 6. The maximum absolute atomic E-state index is 12.2. The van der Waals surface area contributed by atoms with E-state index in [1.54, 1.807) is 43.6 Å². The number of amides is 1. The van der Waals surface area contributed by atoms with Crippen LogP contribution in [0.2, 0.25) is 5.02 Å². The van der Waals surface area contributed by atoms with Gasteiger partial charge in [-0.3, -0.25) is 15.2 Å². The molecule has 0 aliphatic heterocycles. The lowest BCUT2D eigenvalue weighted by Crippen LogP contribution is -2.39. The second-order valence-corrected chi connectivity index (χ2v) is 5.87. The van der Waals surface area contributed by atoms with Gasteiger partial charge in [0.05, 0.1) is 5.02 Å². The lowest BCUT2D eigenvalue weighted by atomic mass is 10.2. The van der Waals surface area contributed by atoms with Gasteiger partial charge in [0, 0.05) is 18.0 Å². The minimum absolute atomic E-state index is 0.0472. The first-order valence-corrected chi connectivity index (χ1v) is 8.13. The van der Waals surface area contributed by atoms with E-state index >= 15 is 0 Å². The zero-order chi connectivity index (χ0) is 18.5. The summed E-state index contributed by atoms with van der Waals surface area (Å²) in [6.45, 7) is 3.51. The molecule has 26 heavy (non-hydrogen) atoms. The van der Waals surface area contributed by atoms with E-state index in [-0.39, 0.29) is 6.01 Å². The van der Waals surface area contributed by atoms with Crippen molar-refractivity contribution >= 4 is 23.5 Å². The van der Waals surface area contributed by atoms with Crippen LogP contribution in [0.3, 0.4) is 0 Å². The second kappa shape index (κ2) is 7.83. The Kier molecular flexibility index (Phi) is 5.33. The number of aromatic nitrogens is 3. The van der Waals surface area contributed by atoms with Crippen LogP contribution in [-0.2, 0) is 4.79 Å². The third kappa shape index (κ3) is 4.28. The molecular formula is C17H16ClN5O3. The lowest BCUT2D eigenvalue weighted by molar-refractivity contribution is -0.126. The Morgan fingerprint density at radius 2 is 2.04 bits per heavy atom. The van der Waals surface area contributed by atoms with Crippen molar-refractivity contribution in [3.05, 3.63) is 53.3 Å². The average molecular weight is 374 g/mol. The van der Waals surface area contributed by atoms with E-state index in [1.807, 2.05) is 13.0 Å². The molecule has 2 heterocycles. The smallest absolute Gasteiger partial charge is 0.340 e. The summed E-state index contributed by atoms with van der Waals surface area (Å²) in [5, 5.41) is 4.25. The molecule has 8 nitrogen and oxygen atoms in total. The molecule has 0 aliphatic rings. The maximum atomic E-state index is 12.2. The van der Waals surface area contributed by atoms with Crippen LogP contribution >= 0.6 is 11.6 Å². The van der Waals surface area contributed by atoms with Crippen molar-refractivity contribution in [1.29, 1.82) is 0 Å². The monoisotopic (exact) mass is 373 g/mol. The fourth-order valence-corrected chi connectivity index (χ4v) is 2.22. The molecule has 0 saturated heterocycles. The van der Waals surface area contributed by atoms with E-state index < -0.39 is 12.0 Å². The largest absolute Gasteiger partial charge is 0.479 e. The van der Waals surface area contributed by atoms with Crippen LogP contribution < -0.4 is 15.6 Å². The number of carbonyl (C=O) groups is 1. The summed E-state index contributed by atoms with van der Waals surface area (Å²) < 4.78 is 10.6.